The molecule has 2 N–H and O–H groups in total. The van der Waals surface area contributed by atoms with Gasteiger partial charge in [-0.2, -0.15) is 8.78 Å². The molecule has 0 aliphatic rings. The molecule has 3 nitrogen and oxygen atoms in total. The van der Waals surface area contributed by atoms with Gasteiger partial charge in [-0.05, 0) is 19.4 Å². The van der Waals surface area contributed by atoms with Crippen LogP contribution in [-0.2, 0) is 9.09 Å². The first kappa shape index (κ1) is 12.9. The molecule has 0 saturated heterocycles. The van der Waals surface area contributed by atoms with Crippen molar-refractivity contribution in [2.75, 3.05) is 6.54 Å². The maximum Gasteiger partial charge on any atom is 0.365 e. The lowest BCUT2D eigenvalue weighted by Gasteiger charge is -2.10. The summed E-state index contributed by atoms with van der Waals surface area (Å²) in [5.41, 5.74) is 5.23. The summed E-state index contributed by atoms with van der Waals surface area (Å²) in [6.07, 6.45) is -0.874. The van der Waals surface area contributed by atoms with Crippen LogP contribution >= 0.6 is 8.69 Å². The van der Waals surface area contributed by atoms with Crippen molar-refractivity contribution < 1.29 is 17.9 Å². The predicted molar refractivity (Wildman–Crippen MR) is 45.8 cm³/mol. The third-order valence-corrected chi connectivity index (χ3v) is 1.93. The fourth-order valence-corrected chi connectivity index (χ4v) is 1.13. The van der Waals surface area contributed by atoms with E-state index in [1.54, 1.807) is 0 Å². The summed E-state index contributed by atoms with van der Waals surface area (Å²) < 4.78 is 38.4. The number of hydrogen-bond donors (Lipinski definition) is 1. The van der Waals surface area contributed by atoms with Crippen LogP contribution in [0.15, 0.2) is 0 Å². The zero-order chi connectivity index (χ0) is 10.2. The van der Waals surface area contributed by atoms with Crippen molar-refractivity contribution in [2.45, 2.75) is 38.2 Å². The Balaban J connectivity index is 3.34. The summed E-state index contributed by atoms with van der Waals surface area (Å²) in [5.74, 6) is 0. The van der Waals surface area contributed by atoms with E-state index in [0.717, 1.165) is 12.8 Å². The lowest BCUT2D eigenvalue weighted by atomic mass is 10.1. The fraction of sp³-hybridized carbons (Fsp3) is 1.00. The van der Waals surface area contributed by atoms with Gasteiger partial charge >= 0.3 is 14.8 Å². The number of rotatable bonds is 8. The van der Waals surface area contributed by atoms with Crippen LogP contribution in [0.25, 0.3) is 0 Å². The molecule has 0 aliphatic carbocycles. The highest BCUT2D eigenvalue weighted by molar-refractivity contribution is 7.17. The average Bonchev–Trinajstić information content (AvgIpc) is 2.04. The summed E-state index contributed by atoms with van der Waals surface area (Å²) in [6, 6.07) is 0. The highest BCUT2D eigenvalue weighted by Gasteiger charge is 2.29. The van der Waals surface area contributed by atoms with Crippen molar-refractivity contribution in [1.29, 1.82) is 0 Å². The lowest BCUT2D eigenvalue weighted by Crippen LogP contribution is -2.15. The van der Waals surface area contributed by atoms with Crippen molar-refractivity contribution in [3.8, 4) is 0 Å². The molecule has 0 fully saturated rings. The Morgan fingerprint density at radius 2 is 1.85 bits per heavy atom. The third kappa shape index (κ3) is 8.22. The van der Waals surface area contributed by atoms with Crippen LogP contribution in [0.5, 0.6) is 0 Å². The largest absolute Gasteiger partial charge is 0.365 e. The molecule has 78 valence electrons. The summed E-state index contributed by atoms with van der Waals surface area (Å²) in [4.78, 5) is 0. The van der Waals surface area contributed by atoms with Crippen LogP contribution in [0, 0.1) is 0 Å². The minimum atomic E-state index is -3.26. The topological polar surface area (TPSA) is 52.3 Å². The van der Waals surface area contributed by atoms with Gasteiger partial charge in [-0.15, -0.1) is 0 Å². The van der Waals surface area contributed by atoms with Gasteiger partial charge in [-0.1, -0.05) is 12.8 Å². The minimum Gasteiger partial charge on any atom is -0.330 e. The van der Waals surface area contributed by atoms with E-state index in [1.165, 1.54) is 0 Å². The fourth-order valence-electron chi connectivity index (χ4n) is 0.929. The highest BCUT2D eigenvalue weighted by atomic mass is 31.1. The predicted octanol–water partition coefficient (Wildman–Crippen LogP) is 2.71. The van der Waals surface area contributed by atoms with Gasteiger partial charge < -0.3 is 5.73 Å². The van der Waals surface area contributed by atoms with Crippen molar-refractivity contribution in [1.82, 2.24) is 0 Å². The Bertz CT molecular complexity index is 146. The Morgan fingerprint density at radius 3 is 2.38 bits per heavy atom. The van der Waals surface area contributed by atoms with Crippen LogP contribution in [0.2, 0.25) is 0 Å². The van der Waals surface area contributed by atoms with E-state index in [0.29, 0.717) is 19.4 Å². The first-order chi connectivity index (χ1) is 6.12. The molecule has 0 spiro atoms. The van der Waals surface area contributed by atoms with Gasteiger partial charge in [-0.3, -0.25) is 0 Å². The molecular weight excluding hydrogens is 199 g/mol. The average molecular weight is 213 g/mol. The number of nitrogens with two attached hydrogens (primary N) is 1. The van der Waals surface area contributed by atoms with Crippen molar-refractivity contribution >= 4 is 8.69 Å². The van der Waals surface area contributed by atoms with Crippen molar-refractivity contribution in [3.63, 3.8) is 0 Å². The minimum absolute atomic E-state index is 0.364. The molecular formula is C7H14F2NO2P. The standard InChI is InChI=1S/C7H14F2NO2P/c8-7(9,12-13-11)5-3-1-2-4-6-10/h1-6,10H2. The van der Waals surface area contributed by atoms with Crippen LogP contribution in [0.1, 0.15) is 32.1 Å². The molecule has 0 aliphatic heterocycles. The van der Waals surface area contributed by atoms with Crippen molar-refractivity contribution in [2.24, 2.45) is 5.73 Å². The Hall–Kier alpha value is -0.120. The number of alkyl halides is 2. The van der Waals surface area contributed by atoms with Crippen LogP contribution in [-0.4, -0.2) is 12.7 Å². The second-order valence-corrected chi connectivity index (χ2v) is 3.09. The van der Waals surface area contributed by atoms with Crippen molar-refractivity contribution in [3.05, 3.63) is 0 Å². The molecule has 0 amide bonds. The molecule has 0 heterocycles. The summed E-state index contributed by atoms with van der Waals surface area (Å²) >= 11 is 0. The zero-order valence-corrected chi connectivity index (χ0v) is 8.23. The second kappa shape index (κ2) is 7.30. The van der Waals surface area contributed by atoms with E-state index in [1.807, 2.05) is 0 Å². The molecule has 6 heteroatoms. The SMILES string of the molecule is NCCCCCCC(F)(F)OP=O. The summed E-state index contributed by atoms with van der Waals surface area (Å²) in [5, 5.41) is 0. The number of halogens is 2. The maximum atomic E-state index is 12.5. The van der Waals surface area contributed by atoms with Gasteiger partial charge in [0, 0.05) is 6.42 Å². The van der Waals surface area contributed by atoms with E-state index < -0.39 is 14.8 Å². The number of hydrogen-bond acceptors (Lipinski definition) is 3. The molecule has 0 radical (unpaired) electrons. The van der Waals surface area contributed by atoms with Gasteiger partial charge in [-0.25, -0.2) is 9.09 Å². The van der Waals surface area contributed by atoms with E-state index in [9.17, 15) is 13.3 Å². The van der Waals surface area contributed by atoms with E-state index in [-0.39, 0.29) is 6.42 Å². The summed E-state index contributed by atoms with van der Waals surface area (Å²) in [6.45, 7) is 0.589. The van der Waals surface area contributed by atoms with E-state index in [4.69, 9.17) is 5.73 Å². The molecule has 0 atom stereocenters. The first-order valence-corrected chi connectivity index (χ1v) is 4.94. The van der Waals surface area contributed by atoms with Crippen LogP contribution < -0.4 is 5.73 Å². The van der Waals surface area contributed by atoms with Gasteiger partial charge in [0.15, 0.2) is 0 Å². The summed E-state index contributed by atoms with van der Waals surface area (Å²) in [7, 11) is -0.971. The molecule has 0 rings (SSSR count). The van der Waals surface area contributed by atoms with Gasteiger partial charge in [0.25, 0.3) is 0 Å². The van der Waals surface area contributed by atoms with E-state index in [2.05, 4.69) is 4.52 Å². The molecule has 13 heavy (non-hydrogen) atoms. The third-order valence-electron chi connectivity index (χ3n) is 1.59. The van der Waals surface area contributed by atoms with Crippen LogP contribution in [0.4, 0.5) is 8.78 Å². The second-order valence-electron chi connectivity index (χ2n) is 2.76. The van der Waals surface area contributed by atoms with E-state index >= 15 is 0 Å². The zero-order valence-electron chi connectivity index (χ0n) is 7.34. The smallest absolute Gasteiger partial charge is 0.330 e. The van der Waals surface area contributed by atoms with Crippen LogP contribution in [0.3, 0.4) is 0 Å². The number of unbranched alkanes of at least 4 members (excludes halogenated alkanes) is 3. The molecule has 0 aromatic carbocycles. The molecule has 0 aromatic rings. The lowest BCUT2D eigenvalue weighted by molar-refractivity contribution is -0.175. The Labute approximate surface area is 77.9 Å². The highest BCUT2D eigenvalue weighted by Crippen LogP contribution is 2.27. The molecule has 0 saturated carbocycles. The molecule has 0 bridgehead atoms. The maximum absolute atomic E-state index is 12.5. The Kier molecular flexibility index (Phi) is 7.23. The van der Waals surface area contributed by atoms with Gasteiger partial charge in [0.1, 0.15) is 0 Å². The normalized spacial score (nSPS) is 12.2. The monoisotopic (exact) mass is 213 g/mol. The molecule has 0 aromatic heterocycles. The van der Waals surface area contributed by atoms with Gasteiger partial charge in [0.2, 0.25) is 0 Å². The Morgan fingerprint density at radius 1 is 1.23 bits per heavy atom. The molecule has 0 unspecified atom stereocenters. The quantitative estimate of drug-likeness (QED) is 0.498. The van der Waals surface area contributed by atoms with Gasteiger partial charge in [0.05, 0.1) is 0 Å². The first-order valence-electron chi connectivity index (χ1n) is 4.21.